The first-order chi connectivity index (χ1) is 9.66. The molecule has 0 saturated carbocycles. The van der Waals surface area contributed by atoms with Crippen molar-refractivity contribution in [1.82, 2.24) is 14.9 Å². The van der Waals surface area contributed by atoms with Crippen molar-refractivity contribution in [1.29, 1.82) is 0 Å². The Balaban J connectivity index is 1.95. The van der Waals surface area contributed by atoms with Gasteiger partial charge in [0.25, 0.3) is 0 Å². The van der Waals surface area contributed by atoms with E-state index >= 15 is 0 Å². The summed E-state index contributed by atoms with van der Waals surface area (Å²) < 4.78 is 0. The number of rotatable bonds is 4. The number of amides is 1. The van der Waals surface area contributed by atoms with Crippen LogP contribution in [0.4, 0.5) is 5.95 Å². The maximum atomic E-state index is 11.9. The number of nitrogens with one attached hydrogen (secondary N) is 1. The van der Waals surface area contributed by atoms with E-state index in [1.165, 1.54) is 12.4 Å². The second-order valence-electron chi connectivity index (χ2n) is 4.79. The number of carbonyl (C=O) groups excluding carboxylic acids is 1. The molecule has 0 spiro atoms. The predicted octanol–water partition coefficient (Wildman–Crippen LogP) is 0.744. The zero-order chi connectivity index (χ0) is 14.4. The standard InChI is InChI=1S/C13H18N4O3/c18-11(16-13-14-6-4-7-15-13)9-17-8-3-1-2-5-10(17)12(19)20/h4,6-7,10H,1-3,5,8-9H2,(H,19,20)(H,14,15,16,18). The fraction of sp³-hybridized carbons (Fsp3) is 0.538. The third-order valence-electron chi connectivity index (χ3n) is 3.31. The minimum Gasteiger partial charge on any atom is -0.480 e. The fourth-order valence-corrected chi connectivity index (χ4v) is 2.35. The SMILES string of the molecule is O=C(CN1CCCCCC1C(=O)O)Nc1ncccn1. The topological polar surface area (TPSA) is 95.4 Å². The van der Waals surface area contributed by atoms with Crippen molar-refractivity contribution in [3.8, 4) is 0 Å². The molecule has 7 heteroatoms. The Bertz CT molecular complexity index is 466. The number of aromatic nitrogens is 2. The molecule has 0 aliphatic carbocycles. The van der Waals surface area contributed by atoms with E-state index in [2.05, 4.69) is 15.3 Å². The fourth-order valence-electron chi connectivity index (χ4n) is 2.35. The highest BCUT2D eigenvalue weighted by Crippen LogP contribution is 2.16. The molecule has 1 amide bonds. The van der Waals surface area contributed by atoms with Crippen LogP contribution in [0.3, 0.4) is 0 Å². The zero-order valence-electron chi connectivity index (χ0n) is 11.2. The van der Waals surface area contributed by atoms with Crippen molar-refractivity contribution >= 4 is 17.8 Å². The van der Waals surface area contributed by atoms with Crippen molar-refractivity contribution in [2.24, 2.45) is 0 Å². The summed E-state index contributed by atoms with van der Waals surface area (Å²) >= 11 is 0. The van der Waals surface area contributed by atoms with E-state index in [9.17, 15) is 14.7 Å². The molecule has 108 valence electrons. The Kier molecular flexibility index (Phi) is 5.00. The van der Waals surface area contributed by atoms with Crippen LogP contribution in [-0.2, 0) is 9.59 Å². The number of nitrogens with zero attached hydrogens (tertiary/aromatic N) is 3. The molecule has 1 saturated heterocycles. The van der Waals surface area contributed by atoms with E-state index in [4.69, 9.17) is 0 Å². The molecule has 1 atom stereocenters. The Labute approximate surface area is 117 Å². The van der Waals surface area contributed by atoms with Crippen LogP contribution < -0.4 is 5.32 Å². The summed E-state index contributed by atoms with van der Waals surface area (Å²) in [5, 5.41) is 11.8. The summed E-state index contributed by atoms with van der Waals surface area (Å²) in [5.41, 5.74) is 0. The van der Waals surface area contributed by atoms with Crippen molar-refractivity contribution < 1.29 is 14.7 Å². The number of carbonyl (C=O) groups is 2. The quantitative estimate of drug-likeness (QED) is 0.843. The number of carboxylic acid groups (broad SMARTS) is 1. The molecule has 1 fully saturated rings. The first-order valence-electron chi connectivity index (χ1n) is 6.70. The van der Waals surface area contributed by atoms with E-state index < -0.39 is 12.0 Å². The van der Waals surface area contributed by atoms with Gasteiger partial charge in [-0.3, -0.25) is 19.8 Å². The lowest BCUT2D eigenvalue weighted by molar-refractivity contribution is -0.143. The summed E-state index contributed by atoms with van der Waals surface area (Å²) in [6.07, 6.45) is 6.47. The molecule has 7 nitrogen and oxygen atoms in total. The average molecular weight is 278 g/mol. The van der Waals surface area contributed by atoms with Crippen molar-refractivity contribution in [2.45, 2.75) is 31.7 Å². The van der Waals surface area contributed by atoms with Crippen LogP contribution in [0.15, 0.2) is 18.5 Å². The van der Waals surface area contributed by atoms with Crippen LogP contribution in [-0.4, -0.2) is 51.0 Å². The van der Waals surface area contributed by atoms with Gasteiger partial charge in [-0.15, -0.1) is 0 Å². The summed E-state index contributed by atoms with van der Waals surface area (Å²) in [6, 6.07) is 1.07. The number of anilines is 1. The third-order valence-corrected chi connectivity index (χ3v) is 3.31. The molecule has 0 radical (unpaired) electrons. The van der Waals surface area contributed by atoms with Gasteiger partial charge < -0.3 is 5.11 Å². The van der Waals surface area contributed by atoms with Gasteiger partial charge in [0.2, 0.25) is 11.9 Å². The van der Waals surface area contributed by atoms with Crippen molar-refractivity contribution in [2.75, 3.05) is 18.4 Å². The van der Waals surface area contributed by atoms with Gasteiger partial charge in [-0.05, 0) is 25.5 Å². The molecule has 2 rings (SSSR count). The van der Waals surface area contributed by atoms with E-state index in [1.807, 2.05) is 0 Å². The molecule has 1 unspecified atom stereocenters. The van der Waals surface area contributed by atoms with Gasteiger partial charge in [0.15, 0.2) is 0 Å². The van der Waals surface area contributed by atoms with Gasteiger partial charge in [0.1, 0.15) is 6.04 Å². The zero-order valence-corrected chi connectivity index (χ0v) is 11.2. The minimum absolute atomic E-state index is 0.0508. The maximum absolute atomic E-state index is 11.9. The van der Waals surface area contributed by atoms with Crippen LogP contribution in [0.25, 0.3) is 0 Å². The van der Waals surface area contributed by atoms with Crippen LogP contribution in [0, 0.1) is 0 Å². The van der Waals surface area contributed by atoms with Crippen LogP contribution >= 0.6 is 0 Å². The lowest BCUT2D eigenvalue weighted by Gasteiger charge is -2.25. The number of likely N-dealkylation sites (tertiary alicyclic amines) is 1. The average Bonchev–Trinajstić information content (AvgIpc) is 2.65. The number of carboxylic acids is 1. The predicted molar refractivity (Wildman–Crippen MR) is 72.1 cm³/mol. The monoisotopic (exact) mass is 278 g/mol. The molecule has 2 heterocycles. The molecule has 1 aliphatic rings. The summed E-state index contributed by atoms with van der Waals surface area (Å²) in [6.45, 7) is 0.676. The Morgan fingerprint density at radius 3 is 2.75 bits per heavy atom. The molecule has 2 N–H and O–H groups in total. The van der Waals surface area contributed by atoms with Crippen molar-refractivity contribution in [3.63, 3.8) is 0 Å². The molecule has 0 aromatic carbocycles. The first-order valence-corrected chi connectivity index (χ1v) is 6.70. The number of aliphatic carboxylic acids is 1. The number of hydrogen-bond acceptors (Lipinski definition) is 5. The summed E-state index contributed by atoms with van der Waals surface area (Å²) in [4.78, 5) is 32.7. The van der Waals surface area contributed by atoms with Crippen LogP contribution in [0.2, 0.25) is 0 Å². The molecule has 1 aliphatic heterocycles. The summed E-state index contributed by atoms with van der Waals surface area (Å²) in [7, 11) is 0. The Hall–Kier alpha value is -2.02. The normalized spacial score (nSPS) is 20.1. The van der Waals surface area contributed by atoms with Gasteiger partial charge in [0, 0.05) is 12.4 Å². The highest BCUT2D eigenvalue weighted by atomic mass is 16.4. The smallest absolute Gasteiger partial charge is 0.320 e. The Morgan fingerprint density at radius 1 is 1.30 bits per heavy atom. The van der Waals surface area contributed by atoms with E-state index in [0.29, 0.717) is 13.0 Å². The lowest BCUT2D eigenvalue weighted by atomic mass is 10.1. The van der Waals surface area contributed by atoms with Gasteiger partial charge in [-0.1, -0.05) is 12.8 Å². The molecule has 0 bridgehead atoms. The van der Waals surface area contributed by atoms with Gasteiger partial charge in [-0.2, -0.15) is 0 Å². The van der Waals surface area contributed by atoms with Crippen LogP contribution in [0.5, 0.6) is 0 Å². The Morgan fingerprint density at radius 2 is 2.05 bits per heavy atom. The van der Waals surface area contributed by atoms with Gasteiger partial charge in [0.05, 0.1) is 6.54 Å². The van der Waals surface area contributed by atoms with Gasteiger partial charge >= 0.3 is 5.97 Å². The minimum atomic E-state index is -0.865. The summed E-state index contributed by atoms with van der Waals surface area (Å²) in [5.74, 6) is -0.917. The second-order valence-corrected chi connectivity index (χ2v) is 4.79. The molecule has 1 aromatic rings. The lowest BCUT2D eigenvalue weighted by Crippen LogP contribution is -2.44. The maximum Gasteiger partial charge on any atom is 0.320 e. The van der Waals surface area contributed by atoms with E-state index in [-0.39, 0.29) is 18.4 Å². The van der Waals surface area contributed by atoms with Crippen molar-refractivity contribution in [3.05, 3.63) is 18.5 Å². The third kappa shape index (κ3) is 3.99. The molecule has 20 heavy (non-hydrogen) atoms. The second kappa shape index (κ2) is 6.95. The molecular formula is C13H18N4O3. The largest absolute Gasteiger partial charge is 0.480 e. The highest BCUT2D eigenvalue weighted by molar-refractivity contribution is 5.91. The number of hydrogen-bond donors (Lipinski definition) is 2. The molecular weight excluding hydrogens is 260 g/mol. The van der Waals surface area contributed by atoms with E-state index in [1.54, 1.807) is 11.0 Å². The van der Waals surface area contributed by atoms with E-state index in [0.717, 1.165) is 19.3 Å². The highest BCUT2D eigenvalue weighted by Gasteiger charge is 2.28. The van der Waals surface area contributed by atoms with Gasteiger partial charge in [-0.25, -0.2) is 9.97 Å². The molecule has 1 aromatic heterocycles. The first kappa shape index (κ1) is 14.4. The van der Waals surface area contributed by atoms with Crippen LogP contribution in [0.1, 0.15) is 25.7 Å².